The molecule has 2 aliphatic rings. The van der Waals surface area contributed by atoms with Crippen LogP contribution in [0.1, 0.15) is 55.9 Å². The highest BCUT2D eigenvalue weighted by molar-refractivity contribution is 7.17. The Bertz CT molecular complexity index is 853. The molecule has 1 fully saturated rings. The molecule has 2 amide bonds. The van der Waals surface area contributed by atoms with Gasteiger partial charge in [-0.05, 0) is 37.3 Å². The van der Waals surface area contributed by atoms with Crippen molar-refractivity contribution >= 4 is 45.0 Å². The molecule has 1 N–H and O–H groups in total. The van der Waals surface area contributed by atoms with E-state index in [2.05, 4.69) is 5.32 Å². The van der Waals surface area contributed by atoms with Gasteiger partial charge in [-0.1, -0.05) is 25.7 Å². The van der Waals surface area contributed by atoms with Crippen molar-refractivity contribution in [2.45, 2.75) is 63.6 Å². The highest BCUT2D eigenvalue weighted by Gasteiger charge is 2.47. The van der Waals surface area contributed by atoms with Crippen LogP contribution >= 0.6 is 22.9 Å². The van der Waals surface area contributed by atoms with E-state index in [1.807, 2.05) is 29.0 Å². The maximum atomic E-state index is 13.4. The Kier molecular flexibility index (Phi) is 5.21. The first-order chi connectivity index (χ1) is 13.0. The van der Waals surface area contributed by atoms with Gasteiger partial charge in [0.15, 0.2) is 0 Å². The fraction of sp³-hybridized carbons (Fsp3) is 0.600. The molecule has 2 aromatic heterocycles. The van der Waals surface area contributed by atoms with Crippen LogP contribution in [0.4, 0.5) is 0 Å². The molecule has 3 heterocycles. The van der Waals surface area contributed by atoms with Gasteiger partial charge < -0.3 is 14.8 Å². The average Bonchev–Trinajstić information content (AvgIpc) is 3.13. The first-order valence-corrected chi connectivity index (χ1v) is 11.2. The molecular formula is C20H26ClN3O2S. The van der Waals surface area contributed by atoms with E-state index < -0.39 is 5.54 Å². The largest absolute Gasteiger partial charge is 0.351 e. The number of rotatable bonds is 4. The van der Waals surface area contributed by atoms with Gasteiger partial charge in [-0.2, -0.15) is 0 Å². The molecule has 0 saturated heterocycles. The number of hydrogen-bond donors (Lipinski definition) is 1. The molecule has 146 valence electrons. The van der Waals surface area contributed by atoms with Crippen LogP contribution < -0.4 is 5.32 Å². The predicted molar refractivity (Wildman–Crippen MR) is 110 cm³/mol. The molecule has 4 rings (SSSR count). The van der Waals surface area contributed by atoms with Crippen LogP contribution in [-0.4, -0.2) is 45.3 Å². The SMILES string of the molecule is CC1(C(=O)NC2CCCCCC2)Cn2c(cc3sccc32)C(=O)N1CCCl. The second kappa shape index (κ2) is 7.47. The van der Waals surface area contributed by atoms with E-state index in [0.29, 0.717) is 24.7 Å². The van der Waals surface area contributed by atoms with E-state index in [4.69, 9.17) is 11.6 Å². The van der Waals surface area contributed by atoms with E-state index >= 15 is 0 Å². The summed E-state index contributed by atoms with van der Waals surface area (Å²) >= 11 is 7.62. The Labute approximate surface area is 168 Å². The molecule has 1 atom stereocenters. The lowest BCUT2D eigenvalue weighted by atomic mass is 9.93. The highest BCUT2D eigenvalue weighted by Crippen LogP contribution is 2.34. The number of carbonyl (C=O) groups is 2. The summed E-state index contributed by atoms with van der Waals surface area (Å²) in [4.78, 5) is 28.3. The molecule has 7 heteroatoms. The Morgan fingerprint density at radius 2 is 2.07 bits per heavy atom. The fourth-order valence-corrected chi connectivity index (χ4v) is 5.46. The minimum Gasteiger partial charge on any atom is -0.351 e. The quantitative estimate of drug-likeness (QED) is 0.615. The molecule has 1 saturated carbocycles. The normalized spacial score (nSPS) is 24.1. The van der Waals surface area contributed by atoms with Gasteiger partial charge in [0.2, 0.25) is 5.91 Å². The van der Waals surface area contributed by atoms with E-state index in [0.717, 1.165) is 35.9 Å². The first-order valence-electron chi connectivity index (χ1n) is 9.80. The van der Waals surface area contributed by atoms with Crippen LogP contribution in [0, 0.1) is 0 Å². The van der Waals surface area contributed by atoms with Crippen molar-refractivity contribution in [2.75, 3.05) is 12.4 Å². The monoisotopic (exact) mass is 407 g/mol. The molecule has 0 aromatic carbocycles. The number of halogens is 1. The van der Waals surface area contributed by atoms with Crippen molar-refractivity contribution in [3.05, 3.63) is 23.2 Å². The van der Waals surface area contributed by atoms with Crippen molar-refractivity contribution < 1.29 is 9.59 Å². The number of aromatic nitrogens is 1. The summed E-state index contributed by atoms with van der Waals surface area (Å²) in [6.07, 6.45) is 6.84. The van der Waals surface area contributed by atoms with Crippen LogP contribution in [-0.2, 0) is 11.3 Å². The molecule has 2 aromatic rings. The Morgan fingerprint density at radius 3 is 2.78 bits per heavy atom. The maximum Gasteiger partial charge on any atom is 0.271 e. The third-order valence-corrected chi connectivity index (χ3v) is 7.06. The van der Waals surface area contributed by atoms with Gasteiger partial charge in [-0.25, -0.2) is 0 Å². The van der Waals surface area contributed by atoms with Crippen LogP contribution in [0.5, 0.6) is 0 Å². The number of nitrogens with zero attached hydrogens (tertiary/aromatic N) is 2. The van der Waals surface area contributed by atoms with Crippen molar-refractivity contribution in [1.82, 2.24) is 14.8 Å². The van der Waals surface area contributed by atoms with Gasteiger partial charge in [-0.15, -0.1) is 22.9 Å². The van der Waals surface area contributed by atoms with Crippen molar-refractivity contribution in [2.24, 2.45) is 0 Å². The van der Waals surface area contributed by atoms with Crippen molar-refractivity contribution in [1.29, 1.82) is 0 Å². The van der Waals surface area contributed by atoms with Gasteiger partial charge in [-0.3, -0.25) is 9.59 Å². The zero-order valence-corrected chi connectivity index (χ0v) is 17.2. The number of fused-ring (bicyclic) bond motifs is 3. The second-order valence-corrected chi connectivity index (χ2v) is 9.19. The molecule has 0 spiro atoms. The van der Waals surface area contributed by atoms with Crippen molar-refractivity contribution in [3.8, 4) is 0 Å². The third-order valence-electron chi connectivity index (χ3n) is 6.04. The van der Waals surface area contributed by atoms with E-state index in [-0.39, 0.29) is 17.9 Å². The van der Waals surface area contributed by atoms with Gasteiger partial charge in [0, 0.05) is 18.5 Å². The van der Waals surface area contributed by atoms with Crippen LogP contribution in [0.15, 0.2) is 17.5 Å². The number of hydrogen-bond acceptors (Lipinski definition) is 3. The van der Waals surface area contributed by atoms with Gasteiger partial charge in [0.05, 0.1) is 16.8 Å². The van der Waals surface area contributed by atoms with Crippen LogP contribution in [0.3, 0.4) is 0 Å². The number of thiophene rings is 1. The van der Waals surface area contributed by atoms with E-state index in [9.17, 15) is 9.59 Å². The summed E-state index contributed by atoms with van der Waals surface area (Å²) < 4.78 is 3.09. The lowest BCUT2D eigenvalue weighted by molar-refractivity contribution is -0.133. The third kappa shape index (κ3) is 3.27. The molecule has 1 aliphatic carbocycles. The summed E-state index contributed by atoms with van der Waals surface area (Å²) in [5.41, 5.74) is 0.753. The summed E-state index contributed by atoms with van der Waals surface area (Å²) in [6.45, 7) is 2.71. The average molecular weight is 408 g/mol. The number of amides is 2. The minimum atomic E-state index is -0.931. The molecule has 1 aliphatic heterocycles. The second-order valence-electron chi connectivity index (χ2n) is 7.87. The Hall–Kier alpha value is -1.53. The zero-order valence-electron chi connectivity index (χ0n) is 15.7. The molecule has 27 heavy (non-hydrogen) atoms. The highest BCUT2D eigenvalue weighted by atomic mass is 35.5. The smallest absolute Gasteiger partial charge is 0.271 e. The molecule has 0 radical (unpaired) electrons. The first kappa shape index (κ1) is 18.8. The molecule has 1 unspecified atom stereocenters. The summed E-state index contributed by atoms with van der Waals surface area (Å²) in [7, 11) is 0. The fourth-order valence-electron chi connectivity index (χ4n) is 4.47. The van der Waals surface area contributed by atoms with E-state index in [1.165, 1.54) is 12.8 Å². The Balaban J connectivity index is 1.66. The van der Waals surface area contributed by atoms with Crippen molar-refractivity contribution in [3.63, 3.8) is 0 Å². The van der Waals surface area contributed by atoms with Gasteiger partial charge >= 0.3 is 0 Å². The maximum absolute atomic E-state index is 13.4. The Morgan fingerprint density at radius 1 is 1.33 bits per heavy atom. The predicted octanol–water partition coefficient (Wildman–Crippen LogP) is 4.00. The molecule has 5 nitrogen and oxygen atoms in total. The summed E-state index contributed by atoms with van der Waals surface area (Å²) in [5.74, 6) is 0.145. The summed E-state index contributed by atoms with van der Waals surface area (Å²) in [6, 6.07) is 4.17. The van der Waals surface area contributed by atoms with Crippen LogP contribution in [0.2, 0.25) is 0 Å². The molecular weight excluding hydrogens is 382 g/mol. The standard InChI is InChI=1S/C20H26ClN3O2S/c1-20(19(26)22-14-6-4-2-3-5-7-14)13-23-15-8-11-27-17(15)12-16(23)18(25)24(20)10-9-21/h8,11-12,14H,2-7,9-10,13H2,1H3,(H,22,26). The number of alkyl halides is 1. The molecule has 0 bridgehead atoms. The summed E-state index contributed by atoms with van der Waals surface area (Å²) in [5, 5.41) is 5.28. The van der Waals surface area contributed by atoms with Gasteiger partial charge in [0.1, 0.15) is 11.2 Å². The minimum absolute atomic E-state index is 0.0596. The lowest BCUT2D eigenvalue weighted by Crippen LogP contribution is -2.65. The number of carbonyl (C=O) groups excluding carboxylic acids is 2. The van der Waals surface area contributed by atoms with Gasteiger partial charge in [0.25, 0.3) is 5.91 Å². The van der Waals surface area contributed by atoms with E-state index in [1.54, 1.807) is 16.2 Å². The topological polar surface area (TPSA) is 54.3 Å². The lowest BCUT2D eigenvalue weighted by Gasteiger charge is -2.44. The number of nitrogens with one attached hydrogen (secondary N) is 1. The van der Waals surface area contributed by atoms with Crippen LogP contribution in [0.25, 0.3) is 10.2 Å². The zero-order chi connectivity index (χ0) is 19.0.